The minimum atomic E-state index is -0.383. The van der Waals surface area contributed by atoms with Crippen molar-refractivity contribution in [1.29, 1.82) is 0 Å². The van der Waals surface area contributed by atoms with Gasteiger partial charge in [-0.3, -0.25) is 4.79 Å². The molecule has 0 heterocycles. The van der Waals surface area contributed by atoms with Gasteiger partial charge in [-0.15, -0.1) is 0 Å². The second-order valence-corrected chi connectivity index (χ2v) is 5.92. The lowest BCUT2D eigenvalue weighted by Crippen LogP contribution is -2.13. The Kier molecular flexibility index (Phi) is 4.98. The summed E-state index contributed by atoms with van der Waals surface area (Å²) >= 11 is 15.4. The van der Waals surface area contributed by atoms with E-state index in [1.807, 2.05) is 0 Å². The molecule has 0 aliphatic carbocycles. The van der Waals surface area contributed by atoms with Crippen molar-refractivity contribution in [2.24, 2.45) is 0 Å². The van der Waals surface area contributed by atoms with Crippen LogP contribution in [-0.2, 0) is 0 Å². The van der Waals surface area contributed by atoms with E-state index in [2.05, 4.69) is 21.2 Å². The molecule has 7 heteroatoms. The van der Waals surface area contributed by atoms with E-state index >= 15 is 0 Å². The van der Waals surface area contributed by atoms with Gasteiger partial charge in [-0.05, 0) is 24.3 Å². The highest BCUT2D eigenvalue weighted by Gasteiger charge is 2.14. The average molecular weight is 390 g/mol. The quantitative estimate of drug-likeness (QED) is 0.754. The van der Waals surface area contributed by atoms with E-state index in [4.69, 9.17) is 33.7 Å². The topological polar surface area (TPSA) is 64.3 Å². The molecule has 0 fully saturated rings. The van der Waals surface area contributed by atoms with E-state index in [1.54, 1.807) is 30.3 Å². The predicted octanol–water partition coefficient (Wildman–Crippen LogP) is 4.60. The van der Waals surface area contributed by atoms with Crippen molar-refractivity contribution in [3.05, 3.63) is 50.4 Å². The van der Waals surface area contributed by atoms with Gasteiger partial charge in [-0.1, -0.05) is 39.1 Å². The molecule has 0 aliphatic rings. The fourth-order valence-corrected chi connectivity index (χ4v) is 3.02. The van der Waals surface area contributed by atoms with Gasteiger partial charge in [0.1, 0.15) is 5.75 Å². The van der Waals surface area contributed by atoms with Gasteiger partial charge in [0.15, 0.2) is 0 Å². The van der Waals surface area contributed by atoms with Crippen molar-refractivity contribution in [2.75, 3.05) is 18.2 Å². The zero-order valence-corrected chi connectivity index (χ0v) is 14.0. The largest absolute Gasteiger partial charge is 0.497 e. The molecule has 2 aromatic rings. The van der Waals surface area contributed by atoms with E-state index in [0.29, 0.717) is 32.7 Å². The van der Waals surface area contributed by atoms with Gasteiger partial charge in [-0.2, -0.15) is 0 Å². The number of nitrogens with one attached hydrogen (secondary N) is 1. The SMILES string of the molecule is COc1cc(N)cc(C(=O)Nc2c(Cl)cc(Br)cc2Cl)c1. The summed E-state index contributed by atoms with van der Waals surface area (Å²) in [6, 6.07) is 8.02. The maximum absolute atomic E-state index is 12.3. The van der Waals surface area contributed by atoms with E-state index < -0.39 is 0 Å². The van der Waals surface area contributed by atoms with Crippen LogP contribution in [0, 0.1) is 0 Å². The van der Waals surface area contributed by atoms with Gasteiger partial charge in [0.2, 0.25) is 0 Å². The number of methoxy groups -OCH3 is 1. The van der Waals surface area contributed by atoms with Crippen LogP contribution in [0.1, 0.15) is 10.4 Å². The third kappa shape index (κ3) is 3.81. The molecular formula is C14H11BrCl2N2O2. The van der Waals surface area contributed by atoms with Crippen molar-refractivity contribution in [3.8, 4) is 5.75 Å². The second-order valence-electron chi connectivity index (χ2n) is 4.19. The summed E-state index contributed by atoms with van der Waals surface area (Å²) in [4.78, 5) is 12.3. The molecule has 2 rings (SSSR count). The molecule has 0 spiro atoms. The fourth-order valence-electron chi connectivity index (χ4n) is 1.72. The van der Waals surface area contributed by atoms with E-state index in [0.717, 1.165) is 4.47 Å². The van der Waals surface area contributed by atoms with Crippen LogP contribution in [0.4, 0.5) is 11.4 Å². The molecule has 0 unspecified atom stereocenters. The molecule has 0 saturated carbocycles. The van der Waals surface area contributed by atoms with Crippen molar-refractivity contribution < 1.29 is 9.53 Å². The summed E-state index contributed by atoms with van der Waals surface area (Å²) in [7, 11) is 1.50. The maximum Gasteiger partial charge on any atom is 0.255 e. The number of ether oxygens (including phenoxy) is 1. The third-order valence-corrected chi connectivity index (χ3v) is 3.73. The molecule has 110 valence electrons. The van der Waals surface area contributed by atoms with Crippen LogP contribution in [0.15, 0.2) is 34.8 Å². The van der Waals surface area contributed by atoms with Gasteiger partial charge in [0.25, 0.3) is 5.91 Å². The Morgan fingerprint density at radius 2 is 1.81 bits per heavy atom. The summed E-state index contributed by atoms with van der Waals surface area (Å²) in [5.74, 6) is 0.111. The minimum Gasteiger partial charge on any atom is -0.497 e. The molecule has 4 nitrogen and oxygen atoms in total. The van der Waals surface area contributed by atoms with Gasteiger partial charge in [0.05, 0.1) is 22.8 Å². The molecular weight excluding hydrogens is 379 g/mol. The molecule has 0 atom stereocenters. The summed E-state index contributed by atoms with van der Waals surface area (Å²) in [6.45, 7) is 0. The van der Waals surface area contributed by atoms with Crippen LogP contribution in [0.25, 0.3) is 0 Å². The van der Waals surface area contributed by atoms with Crippen LogP contribution in [0.5, 0.6) is 5.75 Å². The number of carbonyl (C=O) groups excluding carboxylic acids is 1. The monoisotopic (exact) mass is 388 g/mol. The van der Waals surface area contributed by atoms with Crippen LogP contribution in [0.3, 0.4) is 0 Å². The summed E-state index contributed by atoms with van der Waals surface area (Å²) in [5, 5.41) is 3.33. The highest BCUT2D eigenvalue weighted by Crippen LogP contribution is 2.34. The number of halogens is 3. The number of nitrogens with two attached hydrogens (primary N) is 1. The molecule has 21 heavy (non-hydrogen) atoms. The number of nitrogen functional groups attached to an aromatic ring is 1. The predicted molar refractivity (Wildman–Crippen MR) is 89.5 cm³/mol. The summed E-state index contributed by atoms with van der Waals surface area (Å²) in [6.07, 6.45) is 0. The van der Waals surface area contributed by atoms with Crippen molar-refractivity contribution >= 4 is 56.4 Å². The van der Waals surface area contributed by atoms with Crippen LogP contribution >= 0.6 is 39.1 Å². The second kappa shape index (κ2) is 6.56. The number of benzene rings is 2. The first-order chi connectivity index (χ1) is 9.90. The summed E-state index contributed by atoms with van der Waals surface area (Å²) in [5.41, 5.74) is 6.84. The Bertz CT molecular complexity index is 684. The van der Waals surface area contributed by atoms with E-state index in [9.17, 15) is 4.79 Å². The first-order valence-electron chi connectivity index (χ1n) is 5.81. The molecule has 0 aliphatic heterocycles. The molecule has 3 N–H and O–H groups in total. The highest BCUT2D eigenvalue weighted by molar-refractivity contribution is 9.10. The molecule has 0 radical (unpaired) electrons. The third-order valence-electron chi connectivity index (χ3n) is 2.67. The first kappa shape index (κ1) is 15.9. The Morgan fingerprint density at radius 3 is 2.38 bits per heavy atom. The number of amides is 1. The lowest BCUT2D eigenvalue weighted by molar-refractivity contribution is 0.102. The zero-order chi connectivity index (χ0) is 15.6. The standard InChI is InChI=1S/C14H11BrCl2N2O2/c1-21-10-3-7(2-9(18)6-10)14(20)19-13-11(16)4-8(15)5-12(13)17/h2-6H,18H2,1H3,(H,19,20). The number of anilines is 2. The number of hydrogen-bond donors (Lipinski definition) is 2. The maximum atomic E-state index is 12.3. The smallest absolute Gasteiger partial charge is 0.255 e. The van der Waals surface area contributed by atoms with E-state index in [1.165, 1.54) is 7.11 Å². The molecule has 0 bridgehead atoms. The van der Waals surface area contributed by atoms with Gasteiger partial charge in [0, 0.05) is 21.8 Å². The minimum absolute atomic E-state index is 0.332. The highest BCUT2D eigenvalue weighted by atomic mass is 79.9. The van der Waals surface area contributed by atoms with Gasteiger partial charge in [-0.25, -0.2) is 0 Å². The van der Waals surface area contributed by atoms with Crippen molar-refractivity contribution in [1.82, 2.24) is 0 Å². The zero-order valence-electron chi connectivity index (χ0n) is 10.9. The van der Waals surface area contributed by atoms with Crippen LogP contribution < -0.4 is 15.8 Å². The molecule has 0 saturated heterocycles. The van der Waals surface area contributed by atoms with Crippen LogP contribution in [-0.4, -0.2) is 13.0 Å². The first-order valence-corrected chi connectivity index (χ1v) is 7.36. The van der Waals surface area contributed by atoms with Crippen molar-refractivity contribution in [3.63, 3.8) is 0 Å². The van der Waals surface area contributed by atoms with Crippen molar-refractivity contribution in [2.45, 2.75) is 0 Å². The van der Waals surface area contributed by atoms with Crippen LogP contribution in [0.2, 0.25) is 10.0 Å². The van der Waals surface area contributed by atoms with Gasteiger partial charge < -0.3 is 15.8 Å². The summed E-state index contributed by atoms with van der Waals surface area (Å²) < 4.78 is 5.80. The Labute approximate surface area is 140 Å². The Hall–Kier alpha value is -1.43. The van der Waals surface area contributed by atoms with E-state index in [-0.39, 0.29) is 5.91 Å². The number of carbonyl (C=O) groups is 1. The number of rotatable bonds is 3. The Balaban J connectivity index is 2.32. The Morgan fingerprint density at radius 1 is 1.19 bits per heavy atom. The molecule has 0 aromatic heterocycles. The lowest BCUT2D eigenvalue weighted by atomic mass is 10.1. The average Bonchev–Trinajstić information content (AvgIpc) is 2.41. The van der Waals surface area contributed by atoms with Gasteiger partial charge >= 0.3 is 0 Å². The lowest BCUT2D eigenvalue weighted by Gasteiger charge is -2.11. The molecule has 2 aromatic carbocycles. The number of hydrogen-bond acceptors (Lipinski definition) is 3. The normalized spacial score (nSPS) is 10.3. The fraction of sp³-hybridized carbons (Fsp3) is 0.0714. The molecule has 1 amide bonds.